The average Bonchev–Trinajstić information content (AvgIpc) is 2.52. The third-order valence-electron chi connectivity index (χ3n) is 3.60. The zero-order chi connectivity index (χ0) is 14.5. The van der Waals surface area contributed by atoms with Gasteiger partial charge in [-0.1, -0.05) is 54.6 Å². The van der Waals surface area contributed by atoms with Crippen LogP contribution >= 0.6 is 0 Å². The van der Waals surface area contributed by atoms with E-state index in [0.717, 1.165) is 30.8 Å². The van der Waals surface area contributed by atoms with Gasteiger partial charge >= 0.3 is 0 Å². The van der Waals surface area contributed by atoms with Gasteiger partial charge in [0.05, 0.1) is 6.61 Å². The van der Waals surface area contributed by atoms with E-state index in [2.05, 4.69) is 55.5 Å². The van der Waals surface area contributed by atoms with Crippen LogP contribution in [0.15, 0.2) is 66.7 Å². The lowest BCUT2D eigenvalue weighted by atomic mass is 10.1. The van der Waals surface area contributed by atoms with Crippen LogP contribution in [0.1, 0.15) is 17.5 Å². The van der Waals surface area contributed by atoms with Crippen molar-refractivity contribution in [3.63, 3.8) is 0 Å². The molecule has 1 radical (unpaired) electrons. The molecule has 0 saturated heterocycles. The molecule has 0 atom stereocenters. The highest BCUT2D eigenvalue weighted by atomic mass is 16.5. The fourth-order valence-corrected chi connectivity index (χ4v) is 2.47. The van der Waals surface area contributed by atoms with Crippen molar-refractivity contribution in [3.05, 3.63) is 84.8 Å². The van der Waals surface area contributed by atoms with Gasteiger partial charge in [0, 0.05) is 0 Å². The lowest BCUT2D eigenvalue weighted by molar-refractivity contribution is 0.311. The lowest BCUT2D eigenvalue weighted by Crippen LogP contribution is -1.99. The highest BCUT2D eigenvalue weighted by molar-refractivity contribution is 5.84. The first-order valence-corrected chi connectivity index (χ1v) is 7.34. The minimum Gasteiger partial charge on any atom is -0.494 e. The maximum absolute atomic E-state index is 5.85. The molecule has 0 aliphatic heterocycles. The van der Waals surface area contributed by atoms with Gasteiger partial charge in [0.1, 0.15) is 5.75 Å². The average molecular weight is 275 g/mol. The van der Waals surface area contributed by atoms with E-state index in [9.17, 15) is 0 Å². The maximum atomic E-state index is 5.85. The van der Waals surface area contributed by atoms with E-state index >= 15 is 0 Å². The van der Waals surface area contributed by atoms with Crippen molar-refractivity contribution in [1.82, 2.24) is 0 Å². The van der Waals surface area contributed by atoms with Crippen LogP contribution in [0.2, 0.25) is 0 Å². The van der Waals surface area contributed by atoms with E-state index in [1.807, 2.05) is 18.2 Å². The summed E-state index contributed by atoms with van der Waals surface area (Å²) in [5.41, 5.74) is 2.40. The van der Waals surface area contributed by atoms with E-state index in [0.29, 0.717) is 0 Å². The van der Waals surface area contributed by atoms with Crippen molar-refractivity contribution in [2.75, 3.05) is 6.61 Å². The van der Waals surface area contributed by atoms with Crippen molar-refractivity contribution in [2.45, 2.75) is 12.8 Å². The summed E-state index contributed by atoms with van der Waals surface area (Å²) < 4.78 is 5.85. The second kappa shape index (κ2) is 6.45. The first-order valence-electron chi connectivity index (χ1n) is 7.34. The Morgan fingerprint density at radius 1 is 0.810 bits per heavy atom. The van der Waals surface area contributed by atoms with Crippen LogP contribution in [0.3, 0.4) is 0 Å². The van der Waals surface area contributed by atoms with Crippen LogP contribution in [-0.2, 0) is 6.42 Å². The van der Waals surface area contributed by atoms with Gasteiger partial charge in [0.25, 0.3) is 0 Å². The molecule has 0 spiro atoms. The molecule has 0 N–H and O–H groups in total. The summed E-state index contributed by atoms with van der Waals surface area (Å²) in [7, 11) is 0. The van der Waals surface area contributed by atoms with Gasteiger partial charge < -0.3 is 4.74 Å². The van der Waals surface area contributed by atoms with Gasteiger partial charge in [0.2, 0.25) is 0 Å². The van der Waals surface area contributed by atoms with Crippen LogP contribution in [0, 0.1) is 6.92 Å². The van der Waals surface area contributed by atoms with Gasteiger partial charge in [-0.2, -0.15) is 0 Å². The first-order chi connectivity index (χ1) is 10.3. The Morgan fingerprint density at radius 3 is 2.43 bits per heavy atom. The maximum Gasteiger partial charge on any atom is 0.119 e. The molecule has 105 valence electrons. The molecule has 0 aliphatic rings. The Hall–Kier alpha value is -2.28. The summed E-state index contributed by atoms with van der Waals surface area (Å²) in [4.78, 5) is 0. The third kappa shape index (κ3) is 3.63. The molecule has 21 heavy (non-hydrogen) atoms. The second-order valence-corrected chi connectivity index (χ2v) is 5.28. The number of ether oxygens (including phenoxy) is 1. The van der Waals surface area contributed by atoms with Crippen LogP contribution in [0.5, 0.6) is 5.75 Å². The Kier molecular flexibility index (Phi) is 4.20. The van der Waals surface area contributed by atoms with Gasteiger partial charge in [-0.25, -0.2) is 0 Å². The van der Waals surface area contributed by atoms with Gasteiger partial charge in [-0.05, 0) is 53.8 Å². The number of hydrogen-bond donors (Lipinski definition) is 0. The molecule has 3 aromatic carbocycles. The van der Waals surface area contributed by atoms with Crippen LogP contribution in [0.4, 0.5) is 0 Å². The van der Waals surface area contributed by atoms with Crippen molar-refractivity contribution >= 4 is 10.8 Å². The Bertz CT molecular complexity index is 716. The Labute approximate surface area is 126 Å². The minimum absolute atomic E-state index is 0.744. The standard InChI is InChI=1S/C20H19O/c1-16-9-10-19-15-20(12-11-18(19)14-16)21-13-5-8-17-6-3-2-4-7-17/h2-4,6-7,9-12,14-15H,1,5,8,13H2. The summed E-state index contributed by atoms with van der Waals surface area (Å²) in [6.45, 7) is 4.70. The largest absolute Gasteiger partial charge is 0.494 e. The fraction of sp³-hybridized carbons (Fsp3) is 0.150. The Morgan fingerprint density at radius 2 is 1.57 bits per heavy atom. The molecule has 3 rings (SSSR count). The summed E-state index contributed by atoms with van der Waals surface area (Å²) in [6.07, 6.45) is 2.08. The first kappa shape index (κ1) is 13.7. The highest BCUT2D eigenvalue weighted by Crippen LogP contribution is 2.22. The quantitative estimate of drug-likeness (QED) is 0.593. The van der Waals surface area contributed by atoms with Crippen molar-refractivity contribution in [1.29, 1.82) is 0 Å². The van der Waals surface area contributed by atoms with E-state index < -0.39 is 0 Å². The number of hydrogen-bond acceptors (Lipinski definition) is 1. The van der Waals surface area contributed by atoms with Gasteiger partial charge in [0.15, 0.2) is 0 Å². The summed E-state index contributed by atoms with van der Waals surface area (Å²) in [5, 5.41) is 2.40. The molecule has 0 aliphatic carbocycles. The topological polar surface area (TPSA) is 9.23 Å². The van der Waals surface area contributed by atoms with Crippen LogP contribution in [-0.4, -0.2) is 6.61 Å². The molecular formula is C20H19O. The van der Waals surface area contributed by atoms with E-state index in [1.54, 1.807) is 0 Å². The van der Waals surface area contributed by atoms with Crippen molar-refractivity contribution in [2.24, 2.45) is 0 Å². The normalized spacial score (nSPS) is 10.7. The van der Waals surface area contributed by atoms with E-state index in [4.69, 9.17) is 4.74 Å². The predicted octanol–water partition coefficient (Wildman–Crippen LogP) is 5.03. The number of aryl methyl sites for hydroxylation is 1. The Balaban J connectivity index is 1.57. The molecule has 0 bridgehead atoms. The van der Waals surface area contributed by atoms with Crippen molar-refractivity contribution in [3.8, 4) is 5.75 Å². The molecule has 0 heterocycles. The number of benzene rings is 3. The third-order valence-corrected chi connectivity index (χ3v) is 3.60. The number of fused-ring (bicyclic) bond motifs is 1. The smallest absolute Gasteiger partial charge is 0.119 e. The molecule has 3 aromatic rings. The molecule has 0 unspecified atom stereocenters. The number of rotatable bonds is 5. The summed E-state index contributed by atoms with van der Waals surface area (Å²) in [5.74, 6) is 0.937. The molecule has 1 heteroatoms. The van der Waals surface area contributed by atoms with E-state index in [1.165, 1.54) is 16.3 Å². The summed E-state index contributed by atoms with van der Waals surface area (Å²) >= 11 is 0. The second-order valence-electron chi connectivity index (χ2n) is 5.28. The molecule has 0 aromatic heterocycles. The highest BCUT2D eigenvalue weighted by Gasteiger charge is 1.99. The minimum atomic E-state index is 0.744. The van der Waals surface area contributed by atoms with Gasteiger partial charge in [-0.3, -0.25) is 0 Å². The molecule has 0 amide bonds. The van der Waals surface area contributed by atoms with Gasteiger partial charge in [-0.15, -0.1) is 0 Å². The zero-order valence-electron chi connectivity index (χ0n) is 12.1. The fourth-order valence-electron chi connectivity index (χ4n) is 2.47. The monoisotopic (exact) mass is 275 g/mol. The predicted molar refractivity (Wildman–Crippen MR) is 88.7 cm³/mol. The SMILES string of the molecule is [CH2]c1ccc2cc(OCCCc3ccccc3)ccc2c1. The molecule has 0 fully saturated rings. The molecular weight excluding hydrogens is 256 g/mol. The van der Waals surface area contributed by atoms with Crippen molar-refractivity contribution < 1.29 is 4.74 Å². The molecule has 0 saturated carbocycles. The zero-order valence-corrected chi connectivity index (χ0v) is 12.1. The van der Waals surface area contributed by atoms with Crippen LogP contribution < -0.4 is 4.74 Å². The van der Waals surface area contributed by atoms with E-state index in [-0.39, 0.29) is 0 Å². The molecule has 1 nitrogen and oxygen atoms in total. The lowest BCUT2D eigenvalue weighted by Gasteiger charge is -2.08. The van der Waals surface area contributed by atoms with Crippen LogP contribution in [0.25, 0.3) is 10.8 Å². The summed E-state index contributed by atoms with van der Waals surface area (Å²) in [6, 6.07) is 23.0.